The van der Waals surface area contributed by atoms with Crippen LogP contribution in [-0.4, -0.2) is 40.0 Å². The summed E-state index contributed by atoms with van der Waals surface area (Å²) in [7, 11) is 0. The minimum Gasteiger partial charge on any atom is -0.481 e. The Bertz CT molecular complexity index is 628. The van der Waals surface area contributed by atoms with Gasteiger partial charge in [-0.05, 0) is 12.1 Å². The number of amides is 1. The molecule has 2 aromatic rings. The molecule has 0 saturated carbocycles. The van der Waals surface area contributed by atoms with E-state index in [-0.39, 0.29) is 11.8 Å². The predicted octanol–water partition coefficient (Wildman–Crippen LogP) is 1.77. The van der Waals surface area contributed by atoms with Gasteiger partial charge in [0.1, 0.15) is 0 Å². The number of aryl methyl sites for hydroxylation is 1. The van der Waals surface area contributed by atoms with E-state index in [0.29, 0.717) is 25.9 Å². The van der Waals surface area contributed by atoms with Gasteiger partial charge in [-0.25, -0.2) is 4.98 Å². The van der Waals surface area contributed by atoms with Gasteiger partial charge in [-0.3, -0.25) is 9.59 Å². The van der Waals surface area contributed by atoms with E-state index in [1.54, 1.807) is 16.2 Å². The van der Waals surface area contributed by atoms with Gasteiger partial charge < -0.3 is 10.0 Å². The second-order valence-corrected chi connectivity index (χ2v) is 6.02. The average molecular weight is 290 g/mol. The minimum absolute atomic E-state index is 0.0155. The molecule has 3 rings (SSSR count). The van der Waals surface area contributed by atoms with Gasteiger partial charge in [-0.2, -0.15) is 0 Å². The summed E-state index contributed by atoms with van der Waals surface area (Å²) in [6.45, 7) is 0.683. The van der Waals surface area contributed by atoms with E-state index < -0.39 is 5.97 Å². The zero-order valence-electron chi connectivity index (χ0n) is 10.8. The van der Waals surface area contributed by atoms with Crippen LogP contribution >= 0.6 is 11.3 Å². The molecule has 1 aliphatic heterocycles. The molecule has 1 amide bonds. The fraction of sp³-hybridized carbons (Fsp3) is 0.357. The Kier molecular flexibility index (Phi) is 3.40. The number of nitrogens with zero attached hydrogens (tertiary/aromatic N) is 2. The van der Waals surface area contributed by atoms with Crippen molar-refractivity contribution in [3.05, 3.63) is 29.3 Å². The van der Waals surface area contributed by atoms with Crippen molar-refractivity contribution in [3.63, 3.8) is 0 Å². The van der Waals surface area contributed by atoms with E-state index in [9.17, 15) is 9.59 Å². The predicted molar refractivity (Wildman–Crippen MR) is 75.6 cm³/mol. The minimum atomic E-state index is -0.819. The Morgan fingerprint density at radius 1 is 1.35 bits per heavy atom. The summed E-state index contributed by atoms with van der Waals surface area (Å²) in [5.41, 5.74) is 0.967. The highest BCUT2D eigenvalue weighted by atomic mass is 32.1. The standard InChI is InChI=1S/C14H14N2O3S/c17-13(16-7-9(8-16)14(18)19)6-5-12-15-10-3-1-2-4-11(10)20-12/h1-4,9H,5-8H2,(H,18,19). The van der Waals surface area contributed by atoms with Crippen LogP contribution in [0.15, 0.2) is 24.3 Å². The molecule has 0 spiro atoms. The lowest BCUT2D eigenvalue weighted by molar-refractivity contribution is -0.152. The quantitative estimate of drug-likeness (QED) is 0.931. The van der Waals surface area contributed by atoms with Crippen LogP contribution < -0.4 is 0 Å². The normalized spacial score (nSPS) is 15.3. The number of carbonyl (C=O) groups is 2. The number of para-hydroxylation sites is 1. The van der Waals surface area contributed by atoms with Crippen molar-refractivity contribution < 1.29 is 14.7 Å². The molecule has 5 nitrogen and oxygen atoms in total. The van der Waals surface area contributed by atoms with Crippen LogP contribution in [0.1, 0.15) is 11.4 Å². The van der Waals surface area contributed by atoms with Gasteiger partial charge in [0.25, 0.3) is 0 Å². The van der Waals surface area contributed by atoms with E-state index in [1.807, 2.05) is 24.3 Å². The number of benzene rings is 1. The molecular formula is C14H14N2O3S. The zero-order valence-corrected chi connectivity index (χ0v) is 11.6. The number of thiazole rings is 1. The Balaban J connectivity index is 1.54. The molecule has 1 N–H and O–H groups in total. The van der Waals surface area contributed by atoms with E-state index in [4.69, 9.17) is 5.11 Å². The summed E-state index contributed by atoms with van der Waals surface area (Å²) in [6.07, 6.45) is 1.01. The molecule has 0 unspecified atom stereocenters. The van der Waals surface area contributed by atoms with Crippen molar-refractivity contribution in [3.8, 4) is 0 Å². The highest BCUT2D eigenvalue weighted by Crippen LogP contribution is 2.23. The zero-order chi connectivity index (χ0) is 14.1. The van der Waals surface area contributed by atoms with Crippen LogP contribution in [0.5, 0.6) is 0 Å². The molecule has 0 aliphatic carbocycles. The smallest absolute Gasteiger partial charge is 0.310 e. The summed E-state index contributed by atoms with van der Waals surface area (Å²) in [5, 5.41) is 9.73. The third-order valence-electron chi connectivity index (χ3n) is 3.47. The van der Waals surface area contributed by atoms with Crippen molar-refractivity contribution in [1.82, 2.24) is 9.88 Å². The maximum Gasteiger partial charge on any atom is 0.310 e. The van der Waals surface area contributed by atoms with Crippen LogP contribution in [0, 0.1) is 5.92 Å². The van der Waals surface area contributed by atoms with Crippen molar-refractivity contribution >= 4 is 33.4 Å². The summed E-state index contributed by atoms with van der Waals surface area (Å²) < 4.78 is 1.13. The largest absolute Gasteiger partial charge is 0.481 e. The first-order chi connectivity index (χ1) is 9.63. The number of carbonyl (C=O) groups excluding carboxylic acids is 1. The Labute approximate surface area is 119 Å². The molecule has 6 heteroatoms. The van der Waals surface area contributed by atoms with Crippen molar-refractivity contribution in [2.75, 3.05) is 13.1 Å². The fourth-order valence-corrected chi connectivity index (χ4v) is 3.20. The lowest BCUT2D eigenvalue weighted by Crippen LogP contribution is -2.53. The summed E-state index contributed by atoms with van der Waals surface area (Å²) in [6, 6.07) is 7.90. The van der Waals surface area contributed by atoms with Gasteiger partial charge in [-0.15, -0.1) is 11.3 Å². The summed E-state index contributed by atoms with van der Waals surface area (Å²) in [5.74, 6) is -1.19. The number of rotatable bonds is 4. The van der Waals surface area contributed by atoms with E-state index in [1.165, 1.54) is 0 Å². The maximum atomic E-state index is 11.9. The van der Waals surface area contributed by atoms with Crippen molar-refractivity contribution in [2.24, 2.45) is 5.92 Å². The number of carboxylic acid groups (broad SMARTS) is 1. The number of carboxylic acids is 1. The molecule has 2 heterocycles. The lowest BCUT2D eigenvalue weighted by atomic mass is 10.00. The van der Waals surface area contributed by atoms with E-state index in [2.05, 4.69) is 4.98 Å². The number of hydrogen-bond acceptors (Lipinski definition) is 4. The molecule has 1 aromatic carbocycles. The molecular weight excluding hydrogens is 276 g/mol. The van der Waals surface area contributed by atoms with Crippen LogP contribution in [0.3, 0.4) is 0 Å². The number of hydrogen-bond donors (Lipinski definition) is 1. The number of aromatic nitrogens is 1. The van der Waals surface area contributed by atoms with Gasteiger partial charge in [0.05, 0.1) is 21.1 Å². The molecule has 1 aromatic heterocycles. The van der Waals surface area contributed by atoms with Gasteiger partial charge in [0.2, 0.25) is 5.91 Å². The van der Waals surface area contributed by atoms with Crippen molar-refractivity contribution in [1.29, 1.82) is 0 Å². The van der Waals surface area contributed by atoms with Gasteiger partial charge in [-0.1, -0.05) is 12.1 Å². The molecule has 1 fully saturated rings. The molecule has 104 valence electrons. The topological polar surface area (TPSA) is 70.5 Å². The van der Waals surface area contributed by atoms with Gasteiger partial charge in [0, 0.05) is 25.9 Å². The molecule has 0 atom stereocenters. The SMILES string of the molecule is O=C(O)C1CN(C(=O)CCc2nc3ccccc3s2)C1. The Hall–Kier alpha value is -1.95. The molecule has 1 aliphatic rings. The molecule has 1 saturated heterocycles. The second-order valence-electron chi connectivity index (χ2n) is 4.91. The highest BCUT2D eigenvalue weighted by molar-refractivity contribution is 7.18. The Morgan fingerprint density at radius 2 is 2.10 bits per heavy atom. The lowest BCUT2D eigenvalue weighted by Gasteiger charge is -2.36. The monoisotopic (exact) mass is 290 g/mol. The van der Waals surface area contributed by atoms with Gasteiger partial charge in [0.15, 0.2) is 0 Å². The number of aliphatic carboxylic acids is 1. The van der Waals surface area contributed by atoms with E-state index >= 15 is 0 Å². The summed E-state index contributed by atoms with van der Waals surface area (Å²) >= 11 is 1.61. The molecule has 0 bridgehead atoms. The molecule has 20 heavy (non-hydrogen) atoms. The van der Waals surface area contributed by atoms with Crippen molar-refractivity contribution in [2.45, 2.75) is 12.8 Å². The third-order valence-corrected chi connectivity index (χ3v) is 4.57. The molecule has 0 radical (unpaired) electrons. The maximum absolute atomic E-state index is 11.9. The van der Waals surface area contributed by atoms with Gasteiger partial charge >= 0.3 is 5.97 Å². The highest BCUT2D eigenvalue weighted by Gasteiger charge is 2.35. The second kappa shape index (κ2) is 5.20. The van der Waals surface area contributed by atoms with Crippen LogP contribution in [0.25, 0.3) is 10.2 Å². The first-order valence-electron chi connectivity index (χ1n) is 6.48. The van der Waals surface area contributed by atoms with Crippen LogP contribution in [-0.2, 0) is 16.0 Å². The summed E-state index contributed by atoms with van der Waals surface area (Å²) in [4.78, 5) is 28.7. The first kappa shape index (κ1) is 13.1. The first-order valence-corrected chi connectivity index (χ1v) is 7.30. The fourth-order valence-electron chi connectivity index (χ4n) is 2.24. The third kappa shape index (κ3) is 2.51. The Morgan fingerprint density at radius 3 is 2.80 bits per heavy atom. The van der Waals surface area contributed by atoms with E-state index in [0.717, 1.165) is 15.2 Å². The number of fused-ring (bicyclic) bond motifs is 1. The van der Waals surface area contributed by atoms with Crippen LogP contribution in [0.4, 0.5) is 0 Å². The van der Waals surface area contributed by atoms with Crippen LogP contribution in [0.2, 0.25) is 0 Å². The number of likely N-dealkylation sites (tertiary alicyclic amines) is 1. The average Bonchev–Trinajstić information content (AvgIpc) is 2.76.